The maximum absolute atomic E-state index is 12.3. The van der Waals surface area contributed by atoms with Gasteiger partial charge in [0.05, 0.1) is 16.3 Å². The van der Waals surface area contributed by atoms with Crippen molar-refractivity contribution >= 4 is 84.0 Å². The first-order valence-corrected chi connectivity index (χ1v) is 11.0. The molecule has 0 saturated heterocycles. The first kappa shape index (κ1) is 20.1. The molecule has 13 heteroatoms. The first-order chi connectivity index (χ1) is 12.9. The number of thioether (sulfide) groups is 1. The smallest absolute Gasteiger partial charge is 0.259 e. The van der Waals surface area contributed by atoms with E-state index in [9.17, 15) is 9.59 Å². The van der Waals surface area contributed by atoms with E-state index in [1.165, 1.54) is 34.4 Å². The number of rotatable bonds is 6. The predicted octanol–water partition coefficient (Wildman–Crippen LogP) is 4.10. The van der Waals surface area contributed by atoms with Gasteiger partial charge in [0.15, 0.2) is 4.34 Å². The molecule has 8 nitrogen and oxygen atoms in total. The van der Waals surface area contributed by atoms with Gasteiger partial charge in [-0.25, -0.2) is 0 Å². The standard InChI is InChI=1S/C14H10BrClN6O2S3/c1-6-19-20-12(26-6)17-10(23)5-25-14-22-21-13(27-14)18-11(24)8-4-7(15)2-3-9(8)16/h2-4H,5H2,1H3,(H,17,20,23)(H,18,21,24). The second kappa shape index (κ2) is 9.06. The number of nitrogens with zero attached hydrogens (tertiary/aromatic N) is 4. The van der Waals surface area contributed by atoms with Crippen molar-refractivity contribution in [1.29, 1.82) is 0 Å². The Labute approximate surface area is 179 Å². The van der Waals surface area contributed by atoms with E-state index in [4.69, 9.17) is 11.6 Å². The summed E-state index contributed by atoms with van der Waals surface area (Å²) in [6.45, 7) is 1.81. The fraction of sp³-hybridized carbons (Fsp3) is 0.143. The van der Waals surface area contributed by atoms with Gasteiger partial charge in [-0.3, -0.25) is 20.2 Å². The molecular formula is C14H10BrClN6O2S3. The van der Waals surface area contributed by atoms with Crippen LogP contribution in [0.1, 0.15) is 15.4 Å². The normalized spacial score (nSPS) is 10.6. The zero-order valence-corrected chi connectivity index (χ0v) is 18.3. The lowest BCUT2D eigenvalue weighted by molar-refractivity contribution is -0.113. The minimum atomic E-state index is -0.390. The molecule has 3 aromatic rings. The van der Waals surface area contributed by atoms with Crippen LogP contribution < -0.4 is 10.6 Å². The van der Waals surface area contributed by atoms with Gasteiger partial charge < -0.3 is 0 Å². The average Bonchev–Trinajstić information content (AvgIpc) is 3.24. The Morgan fingerprint density at radius 2 is 1.89 bits per heavy atom. The SMILES string of the molecule is Cc1nnc(NC(=O)CSc2nnc(NC(=O)c3cc(Br)ccc3Cl)s2)s1. The van der Waals surface area contributed by atoms with Gasteiger partial charge >= 0.3 is 0 Å². The quantitative estimate of drug-likeness (QED) is 0.383. The molecule has 1 aromatic carbocycles. The van der Waals surface area contributed by atoms with E-state index in [0.717, 1.165) is 9.48 Å². The van der Waals surface area contributed by atoms with E-state index in [2.05, 4.69) is 47.0 Å². The number of hydrogen-bond acceptors (Lipinski definition) is 9. The van der Waals surface area contributed by atoms with E-state index >= 15 is 0 Å². The number of anilines is 2. The molecule has 0 spiro atoms. The van der Waals surface area contributed by atoms with Crippen LogP contribution in [0.3, 0.4) is 0 Å². The van der Waals surface area contributed by atoms with Crippen LogP contribution in [0.25, 0.3) is 0 Å². The van der Waals surface area contributed by atoms with Crippen molar-refractivity contribution in [2.75, 3.05) is 16.4 Å². The zero-order valence-electron chi connectivity index (χ0n) is 13.5. The molecule has 0 unspecified atom stereocenters. The van der Waals surface area contributed by atoms with Crippen LogP contribution in [0.2, 0.25) is 5.02 Å². The molecule has 2 N–H and O–H groups in total. The van der Waals surface area contributed by atoms with Gasteiger partial charge in [0.2, 0.25) is 16.2 Å². The maximum Gasteiger partial charge on any atom is 0.259 e. The van der Waals surface area contributed by atoms with Crippen LogP contribution in [0, 0.1) is 6.92 Å². The Morgan fingerprint density at radius 1 is 1.15 bits per heavy atom. The Hall–Kier alpha value is -1.60. The summed E-state index contributed by atoms with van der Waals surface area (Å²) in [4.78, 5) is 24.2. The molecule has 0 aliphatic rings. The number of aromatic nitrogens is 4. The minimum absolute atomic E-state index is 0.138. The Balaban J connectivity index is 1.54. The lowest BCUT2D eigenvalue weighted by Gasteiger charge is -2.04. The fourth-order valence-corrected chi connectivity index (χ4v) is 4.50. The van der Waals surface area contributed by atoms with E-state index in [0.29, 0.717) is 25.2 Å². The van der Waals surface area contributed by atoms with Crippen molar-refractivity contribution in [3.8, 4) is 0 Å². The van der Waals surface area contributed by atoms with Crippen molar-refractivity contribution in [3.05, 3.63) is 38.3 Å². The summed E-state index contributed by atoms with van der Waals surface area (Å²) in [6, 6.07) is 4.99. The number of carbonyl (C=O) groups excluding carboxylic acids is 2. The molecule has 0 atom stereocenters. The monoisotopic (exact) mass is 504 g/mol. The van der Waals surface area contributed by atoms with Crippen LogP contribution in [0.15, 0.2) is 27.0 Å². The number of amides is 2. The van der Waals surface area contributed by atoms with Gasteiger partial charge in [0.25, 0.3) is 5.91 Å². The van der Waals surface area contributed by atoms with Crippen LogP contribution in [-0.2, 0) is 4.79 Å². The topological polar surface area (TPSA) is 110 Å². The number of nitrogens with one attached hydrogen (secondary N) is 2. The molecule has 27 heavy (non-hydrogen) atoms. The van der Waals surface area contributed by atoms with Crippen LogP contribution in [0.4, 0.5) is 10.3 Å². The van der Waals surface area contributed by atoms with E-state index < -0.39 is 5.91 Å². The second-order valence-corrected chi connectivity index (χ2v) is 9.62. The van der Waals surface area contributed by atoms with Crippen LogP contribution >= 0.6 is 62.0 Å². The third-order valence-corrected chi connectivity index (χ3v) is 6.45. The molecule has 0 radical (unpaired) electrons. The van der Waals surface area contributed by atoms with Gasteiger partial charge in [-0.15, -0.1) is 20.4 Å². The zero-order chi connectivity index (χ0) is 19.4. The Morgan fingerprint density at radius 3 is 2.63 bits per heavy atom. The third kappa shape index (κ3) is 5.69. The molecule has 3 rings (SSSR count). The van der Waals surface area contributed by atoms with Gasteiger partial charge in [0.1, 0.15) is 5.01 Å². The summed E-state index contributed by atoms with van der Waals surface area (Å²) in [5.74, 6) is -0.477. The molecule has 0 aliphatic carbocycles. The van der Waals surface area contributed by atoms with Crippen molar-refractivity contribution in [1.82, 2.24) is 20.4 Å². The number of halogens is 2. The highest BCUT2D eigenvalue weighted by molar-refractivity contribution is 9.10. The van der Waals surface area contributed by atoms with E-state index in [1.807, 2.05) is 0 Å². The van der Waals surface area contributed by atoms with E-state index in [1.54, 1.807) is 25.1 Å². The summed E-state index contributed by atoms with van der Waals surface area (Å²) in [6.07, 6.45) is 0. The molecule has 2 aromatic heterocycles. The maximum atomic E-state index is 12.3. The molecule has 0 bridgehead atoms. The highest BCUT2D eigenvalue weighted by Gasteiger charge is 2.15. The van der Waals surface area contributed by atoms with Crippen molar-refractivity contribution in [2.24, 2.45) is 0 Å². The van der Waals surface area contributed by atoms with Gasteiger partial charge in [-0.05, 0) is 25.1 Å². The highest BCUT2D eigenvalue weighted by Crippen LogP contribution is 2.27. The average molecular weight is 506 g/mol. The van der Waals surface area contributed by atoms with Crippen molar-refractivity contribution < 1.29 is 9.59 Å². The van der Waals surface area contributed by atoms with Crippen molar-refractivity contribution in [2.45, 2.75) is 11.3 Å². The van der Waals surface area contributed by atoms with Gasteiger partial charge in [-0.1, -0.05) is 62.0 Å². The lowest BCUT2D eigenvalue weighted by atomic mass is 10.2. The van der Waals surface area contributed by atoms with Crippen LogP contribution in [0.5, 0.6) is 0 Å². The highest BCUT2D eigenvalue weighted by atomic mass is 79.9. The summed E-state index contributed by atoms with van der Waals surface area (Å²) >= 11 is 13.0. The number of aryl methyl sites for hydroxylation is 1. The van der Waals surface area contributed by atoms with Gasteiger partial charge in [0, 0.05) is 4.47 Å². The molecular weight excluding hydrogens is 496 g/mol. The third-order valence-electron chi connectivity index (χ3n) is 2.90. The molecule has 2 amide bonds. The summed E-state index contributed by atoms with van der Waals surface area (Å²) in [7, 11) is 0. The van der Waals surface area contributed by atoms with Crippen LogP contribution in [-0.4, -0.2) is 38.0 Å². The largest absolute Gasteiger partial charge is 0.300 e. The second-order valence-electron chi connectivity index (χ2n) is 4.91. The molecule has 0 saturated carbocycles. The minimum Gasteiger partial charge on any atom is -0.300 e. The Bertz CT molecular complexity index is 995. The molecule has 0 fully saturated rings. The molecule has 0 aliphatic heterocycles. The summed E-state index contributed by atoms with van der Waals surface area (Å²) in [5.41, 5.74) is 0.321. The van der Waals surface area contributed by atoms with Gasteiger partial charge in [-0.2, -0.15) is 0 Å². The number of carbonyl (C=O) groups is 2. The molecule has 140 valence electrons. The molecule has 2 heterocycles. The fourth-order valence-electron chi connectivity index (χ4n) is 1.78. The Kier molecular flexibility index (Phi) is 6.76. The van der Waals surface area contributed by atoms with Crippen molar-refractivity contribution in [3.63, 3.8) is 0 Å². The summed E-state index contributed by atoms with van der Waals surface area (Å²) < 4.78 is 1.29. The number of benzene rings is 1. The number of hydrogen-bond donors (Lipinski definition) is 2. The first-order valence-electron chi connectivity index (χ1n) is 7.23. The predicted molar refractivity (Wildman–Crippen MR) is 111 cm³/mol. The van der Waals surface area contributed by atoms with E-state index in [-0.39, 0.29) is 11.7 Å². The lowest BCUT2D eigenvalue weighted by Crippen LogP contribution is -2.13. The summed E-state index contributed by atoms with van der Waals surface area (Å²) in [5, 5.41) is 22.7.